The van der Waals surface area contributed by atoms with E-state index in [4.69, 9.17) is 4.52 Å². The second-order valence-electron chi connectivity index (χ2n) is 5.52. The van der Waals surface area contributed by atoms with E-state index in [-0.39, 0.29) is 11.6 Å². The molecule has 0 heterocycles. The third kappa shape index (κ3) is 5.31. The van der Waals surface area contributed by atoms with Crippen LogP contribution >= 0.6 is 23.4 Å². The predicted octanol–water partition coefficient (Wildman–Crippen LogP) is 4.27. The molecule has 1 fully saturated rings. The molecule has 1 saturated carbocycles. The van der Waals surface area contributed by atoms with Gasteiger partial charge in [0.1, 0.15) is 0 Å². The molecular formula is C11H23BrNO2P. The number of hydrogen-bond donors (Lipinski definition) is 1. The first-order chi connectivity index (χ1) is 7.35. The van der Waals surface area contributed by atoms with Gasteiger partial charge in [-0.1, -0.05) is 35.2 Å². The van der Waals surface area contributed by atoms with Crippen molar-refractivity contribution < 1.29 is 9.09 Å². The minimum atomic E-state index is -2.72. The lowest BCUT2D eigenvalue weighted by molar-refractivity contribution is 0.153. The van der Waals surface area contributed by atoms with Gasteiger partial charge in [-0.25, -0.2) is 5.09 Å². The van der Waals surface area contributed by atoms with Crippen LogP contribution in [0.25, 0.3) is 0 Å². The van der Waals surface area contributed by atoms with E-state index in [1.54, 1.807) is 0 Å². The van der Waals surface area contributed by atoms with Gasteiger partial charge in [-0.2, -0.15) is 0 Å². The molecule has 96 valence electrons. The largest absolute Gasteiger partial charge is 0.314 e. The van der Waals surface area contributed by atoms with Crippen LogP contribution in [0.4, 0.5) is 0 Å². The molecule has 16 heavy (non-hydrogen) atoms. The third-order valence-electron chi connectivity index (χ3n) is 2.53. The molecule has 5 heteroatoms. The fourth-order valence-electron chi connectivity index (χ4n) is 2.01. The Bertz CT molecular complexity index is 259. The topological polar surface area (TPSA) is 38.3 Å². The standard InChI is InChI=1S/C11H23BrNO2P/c1-11(2,3)13-16(14,9-12)15-10-7-5-4-6-8-10/h10H,4-9H2,1-3H3,(H,13,14). The molecule has 1 aliphatic rings. The Morgan fingerprint density at radius 2 is 1.88 bits per heavy atom. The molecule has 3 nitrogen and oxygen atoms in total. The number of alkyl halides is 1. The number of nitrogens with one attached hydrogen (secondary N) is 1. The monoisotopic (exact) mass is 311 g/mol. The SMILES string of the molecule is CC(C)(C)NP(=O)(CBr)OC1CCCCC1. The lowest BCUT2D eigenvalue weighted by Crippen LogP contribution is -2.35. The Balaban J connectivity index is 2.55. The molecule has 0 aromatic heterocycles. The normalized spacial score (nSPS) is 23.0. The highest BCUT2D eigenvalue weighted by atomic mass is 79.9. The fraction of sp³-hybridized carbons (Fsp3) is 1.00. The second-order valence-corrected chi connectivity index (χ2v) is 9.05. The summed E-state index contributed by atoms with van der Waals surface area (Å²) in [6, 6.07) is 0. The molecule has 0 aromatic carbocycles. The van der Waals surface area contributed by atoms with Gasteiger partial charge in [0.25, 0.3) is 7.52 Å². The molecule has 0 bridgehead atoms. The maximum absolute atomic E-state index is 12.5. The zero-order chi connectivity index (χ0) is 12.2. The molecule has 0 amide bonds. The van der Waals surface area contributed by atoms with Crippen molar-refractivity contribution in [1.82, 2.24) is 5.09 Å². The van der Waals surface area contributed by atoms with Gasteiger partial charge in [0.15, 0.2) is 0 Å². The van der Waals surface area contributed by atoms with Crippen molar-refractivity contribution in [2.75, 3.05) is 5.07 Å². The number of rotatable bonds is 4. The molecule has 1 N–H and O–H groups in total. The molecule has 0 saturated heterocycles. The summed E-state index contributed by atoms with van der Waals surface area (Å²) in [7, 11) is -2.72. The van der Waals surface area contributed by atoms with Crippen LogP contribution in [0, 0.1) is 0 Å². The molecule has 1 rings (SSSR count). The highest BCUT2D eigenvalue weighted by Crippen LogP contribution is 2.48. The van der Waals surface area contributed by atoms with Crippen molar-refractivity contribution in [3.05, 3.63) is 0 Å². The van der Waals surface area contributed by atoms with E-state index < -0.39 is 7.52 Å². The van der Waals surface area contributed by atoms with Crippen LogP contribution in [0.1, 0.15) is 52.9 Å². The highest BCUT2D eigenvalue weighted by molar-refractivity contribution is 9.10. The lowest BCUT2D eigenvalue weighted by atomic mass is 9.98. The van der Waals surface area contributed by atoms with Gasteiger partial charge in [0.05, 0.1) is 11.2 Å². The highest BCUT2D eigenvalue weighted by Gasteiger charge is 2.31. The lowest BCUT2D eigenvalue weighted by Gasteiger charge is -2.31. The Kier molecular flexibility index (Phi) is 5.50. The molecular weight excluding hydrogens is 289 g/mol. The van der Waals surface area contributed by atoms with E-state index in [0.29, 0.717) is 5.07 Å². The van der Waals surface area contributed by atoms with Crippen LogP contribution in [0.15, 0.2) is 0 Å². The number of hydrogen-bond acceptors (Lipinski definition) is 2. The summed E-state index contributed by atoms with van der Waals surface area (Å²) in [4.78, 5) is 0. The van der Waals surface area contributed by atoms with Gasteiger partial charge in [-0.3, -0.25) is 4.57 Å². The first kappa shape index (κ1) is 14.7. The molecule has 0 aliphatic heterocycles. The van der Waals surface area contributed by atoms with E-state index in [1.165, 1.54) is 19.3 Å². The number of halogens is 1. The van der Waals surface area contributed by atoms with Crippen molar-refractivity contribution in [2.45, 2.75) is 64.5 Å². The summed E-state index contributed by atoms with van der Waals surface area (Å²) in [6.07, 6.45) is 5.94. The first-order valence-electron chi connectivity index (χ1n) is 5.97. The molecule has 0 spiro atoms. The maximum atomic E-state index is 12.5. The summed E-state index contributed by atoms with van der Waals surface area (Å²) >= 11 is 3.30. The van der Waals surface area contributed by atoms with Crippen LogP contribution in [0.5, 0.6) is 0 Å². The second kappa shape index (κ2) is 5.99. The van der Waals surface area contributed by atoms with Gasteiger partial charge in [0, 0.05) is 5.54 Å². The summed E-state index contributed by atoms with van der Waals surface area (Å²) < 4.78 is 18.3. The zero-order valence-corrected chi connectivity index (χ0v) is 12.9. The van der Waals surface area contributed by atoms with Gasteiger partial charge < -0.3 is 4.52 Å². The van der Waals surface area contributed by atoms with Gasteiger partial charge >= 0.3 is 0 Å². The van der Waals surface area contributed by atoms with Crippen LogP contribution in [-0.2, 0) is 9.09 Å². The molecule has 1 unspecified atom stereocenters. The minimum absolute atomic E-state index is 0.173. The average Bonchev–Trinajstić information content (AvgIpc) is 2.16. The van der Waals surface area contributed by atoms with Crippen LogP contribution in [-0.4, -0.2) is 16.7 Å². The van der Waals surface area contributed by atoms with E-state index in [0.717, 1.165) is 12.8 Å². The molecule has 0 radical (unpaired) electrons. The van der Waals surface area contributed by atoms with E-state index in [9.17, 15) is 4.57 Å². The minimum Gasteiger partial charge on any atom is -0.314 e. The Hall–Kier alpha value is 0.630. The summed E-state index contributed by atoms with van der Waals surface area (Å²) in [5, 5.41) is 3.50. The van der Waals surface area contributed by atoms with Crippen LogP contribution in [0.2, 0.25) is 0 Å². The summed E-state index contributed by atoms with van der Waals surface area (Å²) in [6.45, 7) is 6.02. The predicted molar refractivity (Wildman–Crippen MR) is 72.2 cm³/mol. The van der Waals surface area contributed by atoms with E-state index in [1.807, 2.05) is 20.8 Å². The van der Waals surface area contributed by atoms with Gasteiger partial charge in [0.2, 0.25) is 0 Å². The van der Waals surface area contributed by atoms with E-state index >= 15 is 0 Å². The molecule has 1 atom stereocenters. The van der Waals surface area contributed by atoms with Crippen LogP contribution in [0.3, 0.4) is 0 Å². The first-order valence-corrected chi connectivity index (χ1v) is 8.91. The summed E-state index contributed by atoms with van der Waals surface area (Å²) in [5.74, 6) is 0. The molecule has 1 aliphatic carbocycles. The van der Waals surface area contributed by atoms with E-state index in [2.05, 4.69) is 21.0 Å². The quantitative estimate of drug-likeness (QED) is 0.622. The third-order valence-corrected chi connectivity index (χ3v) is 6.48. The average molecular weight is 312 g/mol. The maximum Gasteiger partial charge on any atom is 0.280 e. The van der Waals surface area contributed by atoms with Crippen LogP contribution < -0.4 is 5.09 Å². The van der Waals surface area contributed by atoms with Gasteiger partial charge in [-0.15, -0.1) is 0 Å². The Labute approximate surface area is 107 Å². The Morgan fingerprint density at radius 3 is 2.31 bits per heavy atom. The van der Waals surface area contributed by atoms with Gasteiger partial charge in [-0.05, 0) is 33.6 Å². The Morgan fingerprint density at radius 1 is 1.31 bits per heavy atom. The summed E-state index contributed by atoms with van der Waals surface area (Å²) in [5.41, 5.74) is -0.183. The smallest absolute Gasteiger partial charge is 0.280 e. The fourth-order valence-corrected chi connectivity index (χ4v) is 4.62. The molecule has 0 aromatic rings. The van der Waals surface area contributed by atoms with Crippen molar-refractivity contribution in [3.8, 4) is 0 Å². The van der Waals surface area contributed by atoms with Crippen molar-refractivity contribution in [3.63, 3.8) is 0 Å². The van der Waals surface area contributed by atoms with Crippen molar-refractivity contribution >= 4 is 23.4 Å². The van der Waals surface area contributed by atoms with Crippen molar-refractivity contribution in [2.24, 2.45) is 0 Å². The van der Waals surface area contributed by atoms with Crippen molar-refractivity contribution in [1.29, 1.82) is 0 Å². The zero-order valence-electron chi connectivity index (χ0n) is 10.5.